The second-order valence-corrected chi connectivity index (χ2v) is 7.18. The monoisotopic (exact) mass is 367 g/mol. The van der Waals surface area contributed by atoms with Gasteiger partial charge in [0.05, 0.1) is 0 Å². The van der Waals surface area contributed by atoms with E-state index in [0.717, 1.165) is 45.1 Å². The van der Waals surface area contributed by atoms with Crippen molar-refractivity contribution in [3.05, 3.63) is 54.7 Å². The molecule has 2 fully saturated rings. The van der Waals surface area contributed by atoms with Crippen LogP contribution < -0.4 is 9.80 Å². The van der Waals surface area contributed by atoms with Gasteiger partial charge in [0, 0.05) is 77.3 Å². The Morgan fingerprint density at radius 1 is 0.630 bits per heavy atom. The number of rotatable bonds is 5. The number of nitrogens with zero attached hydrogens (tertiary/aromatic N) is 5. The summed E-state index contributed by atoms with van der Waals surface area (Å²) in [5, 5.41) is 0. The molecular formula is C22H33N5. The molecule has 2 aliphatic heterocycles. The average molecular weight is 368 g/mol. The van der Waals surface area contributed by atoms with Crippen molar-refractivity contribution in [1.29, 1.82) is 0 Å². The van der Waals surface area contributed by atoms with E-state index >= 15 is 0 Å². The Bertz CT molecular complexity index is 587. The van der Waals surface area contributed by atoms with Crippen LogP contribution in [0.5, 0.6) is 0 Å². The van der Waals surface area contributed by atoms with Gasteiger partial charge in [-0.25, -0.2) is 4.98 Å². The van der Waals surface area contributed by atoms with E-state index in [1.165, 1.54) is 31.9 Å². The third-order valence-corrected chi connectivity index (χ3v) is 5.57. The quantitative estimate of drug-likeness (QED) is 0.809. The standard InChI is InChI=1S/C21H29N5.CH4/c1-2-6-20(7-3-1)25-16-12-23(13-17-25)10-11-24-14-18-26(19-15-24)21-8-4-5-9-22-21;/h1-9H,10-19H2;1H4. The molecule has 0 spiro atoms. The number of para-hydroxylation sites is 1. The first-order chi connectivity index (χ1) is 12.9. The molecule has 0 atom stereocenters. The lowest BCUT2D eigenvalue weighted by atomic mass is 10.2. The predicted molar refractivity (Wildman–Crippen MR) is 115 cm³/mol. The first-order valence-corrected chi connectivity index (χ1v) is 9.79. The molecule has 3 heterocycles. The maximum atomic E-state index is 4.47. The van der Waals surface area contributed by atoms with Gasteiger partial charge in [0.2, 0.25) is 0 Å². The molecule has 0 radical (unpaired) electrons. The summed E-state index contributed by atoms with van der Waals surface area (Å²) in [6.45, 7) is 11.4. The first-order valence-electron chi connectivity index (χ1n) is 9.79. The summed E-state index contributed by atoms with van der Waals surface area (Å²) in [6, 6.07) is 17.0. The lowest BCUT2D eigenvalue weighted by Crippen LogP contribution is -2.51. The predicted octanol–water partition coefficient (Wildman–Crippen LogP) is 2.66. The molecule has 5 nitrogen and oxygen atoms in total. The maximum absolute atomic E-state index is 4.47. The molecule has 5 heteroatoms. The molecule has 0 unspecified atom stereocenters. The average Bonchev–Trinajstić information content (AvgIpc) is 2.74. The van der Waals surface area contributed by atoms with Gasteiger partial charge in [-0.1, -0.05) is 31.7 Å². The molecule has 0 N–H and O–H groups in total. The molecule has 1 aromatic carbocycles. The van der Waals surface area contributed by atoms with Crippen molar-refractivity contribution in [2.75, 3.05) is 75.2 Å². The van der Waals surface area contributed by atoms with E-state index in [2.05, 4.69) is 67.0 Å². The number of piperazine rings is 2. The molecule has 0 amide bonds. The van der Waals surface area contributed by atoms with Gasteiger partial charge < -0.3 is 9.80 Å². The fourth-order valence-corrected chi connectivity index (χ4v) is 3.89. The minimum Gasteiger partial charge on any atom is -0.369 e. The molecule has 146 valence electrons. The van der Waals surface area contributed by atoms with Crippen LogP contribution >= 0.6 is 0 Å². The van der Waals surface area contributed by atoms with Crippen molar-refractivity contribution in [2.24, 2.45) is 0 Å². The highest BCUT2D eigenvalue weighted by Crippen LogP contribution is 2.16. The molecule has 1 aromatic heterocycles. The SMILES string of the molecule is C.c1ccc(N2CCN(CCN3CCN(c4ccccn4)CC3)CC2)cc1. The third kappa shape index (κ3) is 5.21. The van der Waals surface area contributed by atoms with Gasteiger partial charge in [-0.3, -0.25) is 9.80 Å². The van der Waals surface area contributed by atoms with Crippen molar-refractivity contribution < 1.29 is 0 Å². The first kappa shape index (κ1) is 19.6. The highest BCUT2D eigenvalue weighted by atomic mass is 15.3. The van der Waals surface area contributed by atoms with Crippen LogP contribution in [0, 0.1) is 0 Å². The van der Waals surface area contributed by atoms with Crippen LogP contribution in [-0.2, 0) is 0 Å². The van der Waals surface area contributed by atoms with Crippen LogP contribution in [0.1, 0.15) is 7.43 Å². The summed E-state index contributed by atoms with van der Waals surface area (Å²) in [7, 11) is 0. The summed E-state index contributed by atoms with van der Waals surface area (Å²) in [6.07, 6.45) is 1.89. The van der Waals surface area contributed by atoms with Gasteiger partial charge in [0.15, 0.2) is 0 Å². The molecule has 2 aromatic rings. The third-order valence-electron chi connectivity index (χ3n) is 5.57. The Morgan fingerprint density at radius 3 is 1.74 bits per heavy atom. The fourth-order valence-electron chi connectivity index (χ4n) is 3.89. The number of hydrogen-bond acceptors (Lipinski definition) is 5. The van der Waals surface area contributed by atoms with Crippen LogP contribution in [0.15, 0.2) is 54.7 Å². The van der Waals surface area contributed by atoms with Crippen LogP contribution in [0.4, 0.5) is 11.5 Å². The van der Waals surface area contributed by atoms with Crippen molar-refractivity contribution in [1.82, 2.24) is 14.8 Å². The van der Waals surface area contributed by atoms with Crippen molar-refractivity contribution in [2.45, 2.75) is 7.43 Å². The van der Waals surface area contributed by atoms with Crippen LogP contribution in [0.3, 0.4) is 0 Å². The minimum absolute atomic E-state index is 0. The van der Waals surface area contributed by atoms with E-state index < -0.39 is 0 Å². The van der Waals surface area contributed by atoms with Gasteiger partial charge in [-0.2, -0.15) is 0 Å². The minimum atomic E-state index is 0. The summed E-state index contributed by atoms with van der Waals surface area (Å²) < 4.78 is 0. The zero-order chi connectivity index (χ0) is 17.6. The number of benzene rings is 1. The number of pyridine rings is 1. The molecule has 0 aliphatic carbocycles. The van der Waals surface area contributed by atoms with Gasteiger partial charge in [-0.05, 0) is 24.3 Å². The Hall–Kier alpha value is -2.11. The summed E-state index contributed by atoms with van der Waals surface area (Å²) in [4.78, 5) is 14.6. The fraction of sp³-hybridized carbons (Fsp3) is 0.500. The van der Waals surface area contributed by atoms with E-state index in [1.54, 1.807) is 0 Å². The second-order valence-electron chi connectivity index (χ2n) is 7.18. The lowest BCUT2D eigenvalue weighted by molar-refractivity contribution is 0.190. The topological polar surface area (TPSA) is 25.9 Å². The highest BCUT2D eigenvalue weighted by molar-refractivity contribution is 5.46. The van der Waals surface area contributed by atoms with E-state index in [1.807, 2.05) is 12.3 Å². The second kappa shape index (κ2) is 9.72. The largest absolute Gasteiger partial charge is 0.369 e. The normalized spacial score (nSPS) is 19.0. The highest BCUT2D eigenvalue weighted by Gasteiger charge is 2.20. The number of anilines is 2. The number of aromatic nitrogens is 1. The molecule has 4 rings (SSSR count). The molecule has 0 saturated carbocycles. The Kier molecular flexibility index (Phi) is 7.07. The van der Waals surface area contributed by atoms with Crippen molar-refractivity contribution in [3.8, 4) is 0 Å². The van der Waals surface area contributed by atoms with E-state index in [-0.39, 0.29) is 7.43 Å². The van der Waals surface area contributed by atoms with Crippen LogP contribution in [0.25, 0.3) is 0 Å². The molecule has 0 bridgehead atoms. The Balaban J connectivity index is 0.00000210. The molecule has 2 aliphatic rings. The van der Waals surface area contributed by atoms with Crippen LogP contribution in [0.2, 0.25) is 0 Å². The van der Waals surface area contributed by atoms with Crippen LogP contribution in [-0.4, -0.2) is 80.2 Å². The van der Waals surface area contributed by atoms with E-state index in [9.17, 15) is 0 Å². The maximum Gasteiger partial charge on any atom is 0.128 e. The van der Waals surface area contributed by atoms with E-state index in [4.69, 9.17) is 0 Å². The zero-order valence-electron chi connectivity index (χ0n) is 15.5. The van der Waals surface area contributed by atoms with Gasteiger partial charge >= 0.3 is 0 Å². The smallest absolute Gasteiger partial charge is 0.128 e. The number of hydrogen-bond donors (Lipinski definition) is 0. The van der Waals surface area contributed by atoms with Gasteiger partial charge in [-0.15, -0.1) is 0 Å². The summed E-state index contributed by atoms with van der Waals surface area (Å²) in [5.74, 6) is 1.11. The lowest BCUT2D eigenvalue weighted by Gasteiger charge is -2.39. The molecule has 27 heavy (non-hydrogen) atoms. The zero-order valence-corrected chi connectivity index (χ0v) is 15.5. The summed E-state index contributed by atoms with van der Waals surface area (Å²) >= 11 is 0. The van der Waals surface area contributed by atoms with Crippen molar-refractivity contribution >= 4 is 11.5 Å². The Labute approximate surface area is 164 Å². The summed E-state index contributed by atoms with van der Waals surface area (Å²) in [5.41, 5.74) is 1.36. The van der Waals surface area contributed by atoms with Crippen molar-refractivity contribution in [3.63, 3.8) is 0 Å². The molecule has 2 saturated heterocycles. The van der Waals surface area contributed by atoms with Gasteiger partial charge in [0.25, 0.3) is 0 Å². The Morgan fingerprint density at radius 2 is 1.19 bits per heavy atom. The van der Waals surface area contributed by atoms with E-state index in [0.29, 0.717) is 0 Å². The molecular weight excluding hydrogens is 334 g/mol. The van der Waals surface area contributed by atoms with Gasteiger partial charge in [0.1, 0.15) is 5.82 Å².